The molecule has 0 aliphatic heterocycles. The SMILES string of the molecule is O=c1cc(Cl)[nH]nc1Oc1ccc(Cl)cc1Cl. The van der Waals surface area contributed by atoms with E-state index < -0.39 is 5.43 Å². The predicted octanol–water partition coefficient (Wildman–Crippen LogP) is 3.52. The molecule has 4 nitrogen and oxygen atoms in total. The van der Waals surface area contributed by atoms with Gasteiger partial charge >= 0.3 is 0 Å². The molecule has 88 valence electrons. The van der Waals surface area contributed by atoms with Crippen molar-refractivity contribution >= 4 is 34.8 Å². The lowest BCUT2D eigenvalue weighted by atomic mass is 10.3. The van der Waals surface area contributed by atoms with Crippen LogP contribution < -0.4 is 10.2 Å². The van der Waals surface area contributed by atoms with E-state index in [1.165, 1.54) is 6.07 Å². The summed E-state index contributed by atoms with van der Waals surface area (Å²) in [6.45, 7) is 0. The highest BCUT2D eigenvalue weighted by atomic mass is 35.5. The van der Waals surface area contributed by atoms with Crippen molar-refractivity contribution < 1.29 is 4.74 Å². The van der Waals surface area contributed by atoms with Gasteiger partial charge in [-0.15, -0.1) is 5.10 Å². The van der Waals surface area contributed by atoms with Crippen molar-refractivity contribution in [3.63, 3.8) is 0 Å². The first-order valence-corrected chi connectivity index (χ1v) is 5.58. The van der Waals surface area contributed by atoms with Crippen molar-refractivity contribution in [2.75, 3.05) is 0 Å². The third-order valence-electron chi connectivity index (χ3n) is 1.83. The van der Waals surface area contributed by atoms with E-state index in [-0.39, 0.29) is 21.8 Å². The molecule has 0 atom stereocenters. The summed E-state index contributed by atoms with van der Waals surface area (Å²) in [7, 11) is 0. The van der Waals surface area contributed by atoms with Crippen molar-refractivity contribution in [1.29, 1.82) is 0 Å². The molecule has 2 aromatic rings. The number of hydrogen-bond donors (Lipinski definition) is 1. The van der Waals surface area contributed by atoms with Crippen LogP contribution in [0.1, 0.15) is 0 Å². The van der Waals surface area contributed by atoms with Gasteiger partial charge in [-0.2, -0.15) is 0 Å². The number of aromatic nitrogens is 2. The van der Waals surface area contributed by atoms with Crippen LogP contribution in [-0.2, 0) is 0 Å². The van der Waals surface area contributed by atoms with Gasteiger partial charge in [-0.25, -0.2) is 0 Å². The smallest absolute Gasteiger partial charge is 0.285 e. The summed E-state index contributed by atoms with van der Waals surface area (Å²) in [6, 6.07) is 5.80. The normalized spacial score (nSPS) is 10.3. The first kappa shape index (κ1) is 12.2. The second kappa shape index (κ2) is 4.96. The van der Waals surface area contributed by atoms with Crippen LogP contribution in [0.15, 0.2) is 29.1 Å². The average molecular weight is 292 g/mol. The van der Waals surface area contributed by atoms with Gasteiger partial charge in [0.2, 0.25) is 5.43 Å². The molecular weight excluding hydrogens is 286 g/mol. The van der Waals surface area contributed by atoms with Crippen LogP contribution in [0.25, 0.3) is 0 Å². The minimum Gasteiger partial charge on any atom is -0.433 e. The van der Waals surface area contributed by atoms with E-state index in [4.69, 9.17) is 39.5 Å². The Balaban J connectivity index is 2.35. The first-order chi connectivity index (χ1) is 8.06. The van der Waals surface area contributed by atoms with E-state index in [9.17, 15) is 4.79 Å². The van der Waals surface area contributed by atoms with Gasteiger partial charge in [0, 0.05) is 11.1 Å². The van der Waals surface area contributed by atoms with E-state index >= 15 is 0 Å². The summed E-state index contributed by atoms with van der Waals surface area (Å²) in [5.74, 6) is 0.148. The zero-order valence-electron chi connectivity index (χ0n) is 8.21. The lowest BCUT2D eigenvalue weighted by molar-refractivity contribution is 0.450. The Labute approximate surface area is 111 Å². The molecule has 1 N–H and O–H groups in total. The number of H-pyrrole nitrogens is 1. The number of aromatic amines is 1. The van der Waals surface area contributed by atoms with Gasteiger partial charge in [-0.3, -0.25) is 9.89 Å². The van der Waals surface area contributed by atoms with Gasteiger partial charge in [-0.1, -0.05) is 34.8 Å². The van der Waals surface area contributed by atoms with Gasteiger partial charge in [0.05, 0.1) is 5.02 Å². The summed E-state index contributed by atoms with van der Waals surface area (Å²) in [6.07, 6.45) is 0. The van der Waals surface area contributed by atoms with Crippen molar-refractivity contribution in [1.82, 2.24) is 10.2 Å². The van der Waals surface area contributed by atoms with Gasteiger partial charge in [0.1, 0.15) is 10.9 Å². The maximum atomic E-state index is 11.5. The van der Waals surface area contributed by atoms with Crippen LogP contribution in [-0.4, -0.2) is 10.2 Å². The highest BCUT2D eigenvalue weighted by molar-refractivity contribution is 6.35. The molecule has 0 aliphatic rings. The Morgan fingerprint density at radius 1 is 1.18 bits per heavy atom. The van der Waals surface area contributed by atoms with Gasteiger partial charge in [0.25, 0.3) is 5.88 Å². The van der Waals surface area contributed by atoms with Gasteiger partial charge < -0.3 is 4.74 Å². The Bertz CT molecular complexity index is 613. The lowest BCUT2D eigenvalue weighted by Gasteiger charge is -2.05. The fourth-order valence-corrected chi connectivity index (χ4v) is 1.69. The second-order valence-electron chi connectivity index (χ2n) is 3.06. The average Bonchev–Trinajstić information content (AvgIpc) is 2.25. The topological polar surface area (TPSA) is 55.0 Å². The molecule has 0 spiro atoms. The molecule has 0 aliphatic carbocycles. The second-order valence-corrected chi connectivity index (χ2v) is 4.31. The summed E-state index contributed by atoms with van der Waals surface area (Å²) >= 11 is 17.2. The molecule has 0 fully saturated rings. The van der Waals surface area contributed by atoms with Crippen molar-refractivity contribution in [2.45, 2.75) is 0 Å². The fraction of sp³-hybridized carbons (Fsp3) is 0. The van der Waals surface area contributed by atoms with E-state index in [1.807, 2.05) is 0 Å². The van der Waals surface area contributed by atoms with Gasteiger partial charge in [0.15, 0.2) is 0 Å². The minimum atomic E-state index is -0.445. The molecule has 7 heteroatoms. The van der Waals surface area contributed by atoms with Crippen molar-refractivity contribution in [3.8, 4) is 11.6 Å². The zero-order valence-corrected chi connectivity index (χ0v) is 10.5. The molecule has 0 saturated carbocycles. The van der Waals surface area contributed by atoms with Crippen LogP contribution in [0.3, 0.4) is 0 Å². The first-order valence-electron chi connectivity index (χ1n) is 4.44. The number of halogens is 3. The summed E-state index contributed by atoms with van der Waals surface area (Å²) in [4.78, 5) is 11.5. The van der Waals surface area contributed by atoms with Crippen LogP contribution >= 0.6 is 34.8 Å². The summed E-state index contributed by atoms with van der Waals surface area (Å²) in [5, 5.41) is 6.95. The van der Waals surface area contributed by atoms with E-state index in [1.54, 1.807) is 12.1 Å². The molecule has 1 aromatic heterocycles. The molecule has 0 amide bonds. The summed E-state index contributed by atoms with van der Waals surface area (Å²) in [5.41, 5.74) is -0.445. The Morgan fingerprint density at radius 3 is 2.59 bits per heavy atom. The third-order valence-corrected chi connectivity index (χ3v) is 2.56. The van der Waals surface area contributed by atoms with E-state index in [0.29, 0.717) is 5.02 Å². The number of ether oxygens (including phenoxy) is 1. The molecule has 0 radical (unpaired) electrons. The molecule has 2 rings (SSSR count). The number of hydrogen-bond acceptors (Lipinski definition) is 3. The van der Waals surface area contributed by atoms with E-state index in [0.717, 1.165) is 6.07 Å². The maximum Gasteiger partial charge on any atom is 0.285 e. The summed E-state index contributed by atoms with van der Waals surface area (Å²) < 4.78 is 5.25. The van der Waals surface area contributed by atoms with Crippen LogP contribution in [0.5, 0.6) is 11.6 Å². The van der Waals surface area contributed by atoms with Crippen molar-refractivity contribution in [3.05, 3.63) is 49.7 Å². The molecule has 1 heterocycles. The number of nitrogens with zero attached hydrogens (tertiary/aromatic N) is 1. The number of nitrogens with one attached hydrogen (secondary N) is 1. The third kappa shape index (κ3) is 2.91. The zero-order chi connectivity index (χ0) is 12.4. The largest absolute Gasteiger partial charge is 0.433 e. The molecule has 0 saturated heterocycles. The Morgan fingerprint density at radius 2 is 1.94 bits per heavy atom. The minimum absolute atomic E-state index is 0.129. The van der Waals surface area contributed by atoms with Crippen molar-refractivity contribution in [2.24, 2.45) is 0 Å². The number of rotatable bonds is 2. The molecule has 1 aromatic carbocycles. The highest BCUT2D eigenvalue weighted by Crippen LogP contribution is 2.29. The Hall–Kier alpha value is -1.23. The maximum absolute atomic E-state index is 11.5. The molecule has 0 unspecified atom stereocenters. The fourth-order valence-electron chi connectivity index (χ4n) is 1.10. The molecular formula is C10H5Cl3N2O2. The standard InChI is InChI=1S/C10H5Cl3N2O2/c11-5-1-2-8(6(12)3-5)17-10-7(16)4-9(13)14-15-10/h1-4H,(H,14,16). The highest BCUT2D eigenvalue weighted by Gasteiger charge is 2.08. The lowest BCUT2D eigenvalue weighted by Crippen LogP contribution is -2.07. The van der Waals surface area contributed by atoms with Crippen LogP contribution in [0.2, 0.25) is 15.2 Å². The van der Waals surface area contributed by atoms with Crippen LogP contribution in [0, 0.1) is 0 Å². The number of benzene rings is 1. The quantitative estimate of drug-likeness (QED) is 0.921. The van der Waals surface area contributed by atoms with Crippen LogP contribution in [0.4, 0.5) is 0 Å². The van der Waals surface area contributed by atoms with Gasteiger partial charge in [-0.05, 0) is 18.2 Å². The molecule has 17 heavy (non-hydrogen) atoms. The Kier molecular flexibility index (Phi) is 3.57. The predicted molar refractivity (Wildman–Crippen MR) is 66.4 cm³/mol. The van der Waals surface area contributed by atoms with E-state index in [2.05, 4.69) is 10.2 Å². The monoisotopic (exact) mass is 290 g/mol. The molecule has 0 bridgehead atoms.